The molecule has 1 N–H and O–H groups in total. The number of nitrogens with one attached hydrogen (secondary N) is 1. The molecule has 8 heteroatoms. The fourth-order valence-corrected chi connectivity index (χ4v) is 2.67. The zero-order valence-corrected chi connectivity index (χ0v) is 12.8. The van der Waals surface area contributed by atoms with Gasteiger partial charge in [-0.25, -0.2) is 9.07 Å². The second-order valence-electron chi connectivity index (χ2n) is 5.57. The van der Waals surface area contributed by atoms with E-state index in [0.29, 0.717) is 5.69 Å². The number of nitrogens with zero attached hydrogens (tertiary/aromatic N) is 5. The van der Waals surface area contributed by atoms with Crippen molar-refractivity contribution >= 4 is 11.6 Å². The summed E-state index contributed by atoms with van der Waals surface area (Å²) in [6, 6.07) is 4.49. The van der Waals surface area contributed by atoms with Crippen LogP contribution in [0.4, 0.5) is 10.1 Å². The fraction of sp³-hybridized carbons (Fsp3) is 0.467. The molecule has 1 saturated heterocycles. The Morgan fingerprint density at radius 2 is 2.00 bits per heavy atom. The molecule has 0 spiro atoms. The van der Waals surface area contributed by atoms with Gasteiger partial charge >= 0.3 is 0 Å². The van der Waals surface area contributed by atoms with Crippen molar-refractivity contribution in [2.75, 3.05) is 25.0 Å². The van der Waals surface area contributed by atoms with Gasteiger partial charge in [-0.05, 0) is 41.5 Å². The first-order valence-electron chi connectivity index (χ1n) is 7.78. The first-order chi connectivity index (χ1) is 11.2. The third-order valence-corrected chi connectivity index (χ3v) is 3.95. The van der Waals surface area contributed by atoms with Crippen molar-refractivity contribution in [3.8, 4) is 5.69 Å². The summed E-state index contributed by atoms with van der Waals surface area (Å²) in [5, 5.41) is 13.8. The van der Waals surface area contributed by atoms with Crippen LogP contribution in [0.1, 0.15) is 25.7 Å². The fourth-order valence-electron chi connectivity index (χ4n) is 2.67. The predicted molar refractivity (Wildman–Crippen MR) is 82.6 cm³/mol. The first kappa shape index (κ1) is 15.4. The van der Waals surface area contributed by atoms with Crippen molar-refractivity contribution < 1.29 is 9.18 Å². The standard InChI is InChI=1S/C15H19FN6O/c16-13-6-5-12(22-11-18-19-20-22)9-14(13)17-10-15(23)21-7-3-1-2-4-8-21/h5-6,9,11,17H,1-4,7-8,10H2. The number of halogens is 1. The quantitative estimate of drug-likeness (QED) is 0.927. The number of benzene rings is 1. The highest BCUT2D eigenvalue weighted by molar-refractivity contribution is 5.81. The van der Waals surface area contributed by atoms with Gasteiger partial charge in [0.1, 0.15) is 12.1 Å². The molecule has 2 aromatic rings. The van der Waals surface area contributed by atoms with Gasteiger partial charge in [0.25, 0.3) is 0 Å². The topological polar surface area (TPSA) is 75.9 Å². The number of carbonyl (C=O) groups is 1. The summed E-state index contributed by atoms with van der Waals surface area (Å²) in [5.41, 5.74) is 0.891. The van der Waals surface area contributed by atoms with Gasteiger partial charge in [-0.1, -0.05) is 12.8 Å². The lowest BCUT2D eigenvalue weighted by Crippen LogP contribution is -2.36. The highest BCUT2D eigenvalue weighted by atomic mass is 19.1. The summed E-state index contributed by atoms with van der Waals surface area (Å²) < 4.78 is 15.4. The Morgan fingerprint density at radius 1 is 1.22 bits per heavy atom. The van der Waals surface area contributed by atoms with E-state index >= 15 is 0 Å². The third kappa shape index (κ3) is 3.82. The van der Waals surface area contributed by atoms with Gasteiger partial charge in [0.2, 0.25) is 5.91 Å². The molecule has 1 amide bonds. The van der Waals surface area contributed by atoms with Crippen LogP contribution in [0.15, 0.2) is 24.5 Å². The minimum Gasteiger partial charge on any atom is -0.374 e. The van der Waals surface area contributed by atoms with Crippen LogP contribution in [0.25, 0.3) is 5.69 Å². The molecule has 0 radical (unpaired) electrons. The number of aromatic nitrogens is 4. The van der Waals surface area contributed by atoms with Crippen LogP contribution in [0.2, 0.25) is 0 Å². The third-order valence-electron chi connectivity index (χ3n) is 3.95. The molecule has 7 nitrogen and oxygen atoms in total. The Hall–Kier alpha value is -2.51. The zero-order valence-electron chi connectivity index (χ0n) is 12.8. The summed E-state index contributed by atoms with van der Waals surface area (Å²) in [5.74, 6) is -0.412. The van der Waals surface area contributed by atoms with Crippen LogP contribution in [-0.4, -0.2) is 50.6 Å². The Labute approximate surface area is 133 Å². The summed E-state index contributed by atoms with van der Waals surface area (Å²) in [4.78, 5) is 14.1. The van der Waals surface area contributed by atoms with E-state index in [1.54, 1.807) is 12.1 Å². The number of tetrazole rings is 1. The number of carbonyl (C=O) groups excluding carboxylic acids is 1. The second-order valence-corrected chi connectivity index (χ2v) is 5.57. The van der Waals surface area contributed by atoms with E-state index in [1.165, 1.54) is 29.9 Å². The van der Waals surface area contributed by atoms with Gasteiger partial charge in [0.05, 0.1) is 17.9 Å². The molecule has 0 aliphatic carbocycles. The van der Waals surface area contributed by atoms with Gasteiger partial charge < -0.3 is 10.2 Å². The van der Waals surface area contributed by atoms with Crippen molar-refractivity contribution in [1.82, 2.24) is 25.1 Å². The molecule has 1 fully saturated rings. The summed E-state index contributed by atoms with van der Waals surface area (Å²) in [6.07, 6.45) is 5.84. The molecule has 1 aliphatic heterocycles. The van der Waals surface area contributed by atoms with Crippen molar-refractivity contribution in [2.24, 2.45) is 0 Å². The average molecular weight is 318 g/mol. The number of hydrogen-bond donors (Lipinski definition) is 1. The molecule has 122 valence electrons. The van der Waals surface area contributed by atoms with Crippen LogP contribution in [-0.2, 0) is 4.79 Å². The largest absolute Gasteiger partial charge is 0.374 e. The van der Waals surface area contributed by atoms with E-state index in [-0.39, 0.29) is 18.1 Å². The minimum absolute atomic E-state index is 0.000810. The van der Waals surface area contributed by atoms with Crippen molar-refractivity contribution in [3.05, 3.63) is 30.3 Å². The van der Waals surface area contributed by atoms with Crippen molar-refractivity contribution in [2.45, 2.75) is 25.7 Å². The van der Waals surface area contributed by atoms with E-state index in [2.05, 4.69) is 20.8 Å². The molecular formula is C15H19FN6O. The molecule has 0 unspecified atom stereocenters. The Kier molecular flexibility index (Phi) is 4.80. The number of likely N-dealkylation sites (tertiary alicyclic amines) is 1. The molecule has 3 rings (SSSR count). The number of anilines is 1. The summed E-state index contributed by atoms with van der Waals surface area (Å²) in [7, 11) is 0. The van der Waals surface area contributed by atoms with Gasteiger partial charge in [-0.2, -0.15) is 0 Å². The normalized spacial score (nSPS) is 15.3. The van der Waals surface area contributed by atoms with Crippen LogP contribution >= 0.6 is 0 Å². The first-order valence-corrected chi connectivity index (χ1v) is 7.78. The Morgan fingerprint density at radius 3 is 2.70 bits per heavy atom. The monoisotopic (exact) mass is 318 g/mol. The van der Waals surface area contributed by atoms with Crippen LogP contribution in [0, 0.1) is 5.82 Å². The van der Waals surface area contributed by atoms with E-state index < -0.39 is 5.82 Å². The highest BCUT2D eigenvalue weighted by Crippen LogP contribution is 2.18. The minimum atomic E-state index is -0.412. The summed E-state index contributed by atoms with van der Waals surface area (Å²) >= 11 is 0. The van der Waals surface area contributed by atoms with E-state index in [4.69, 9.17) is 0 Å². The molecule has 0 saturated carbocycles. The predicted octanol–water partition coefficient (Wildman–Crippen LogP) is 1.62. The van der Waals surface area contributed by atoms with Gasteiger partial charge in [-0.15, -0.1) is 5.10 Å². The van der Waals surface area contributed by atoms with E-state index in [0.717, 1.165) is 25.9 Å². The molecule has 1 aromatic heterocycles. The molecule has 0 bridgehead atoms. The Bertz CT molecular complexity index is 652. The molecule has 1 aliphatic rings. The molecule has 2 heterocycles. The highest BCUT2D eigenvalue weighted by Gasteiger charge is 2.16. The van der Waals surface area contributed by atoms with Crippen LogP contribution in [0.5, 0.6) is 0 Å². The maximum atomic E-state index is 13.9. The lowest BCUT2D eigenvalue weighted by atomic mass is 10.2. The van der Waals surface area contributed by atoms with Crippen molar-refractivity contribution in [1.29, 1.82) is 0 Å². The lowest BCUT2D eigenvalue weighted by molar-refractivity contribution is -0.129. The van der Waals surface area contributed by atoms with Gasteiger partial charge in [0, 0.05) is 13.1 Å². The van der Waals surface area contributed by atoms with Gasteiger partial charge in [0.15, 0.2) is 0 Å². The van der Waals surface area contributed by atoms with Crippen molar-refractivity contribution in [3.63, 3.8) is 0 Å². The number of hydrogen-bond acceptors (Lipinski definition) is 5. The SMILES string of the molecule is O=C(CNc1cc(-n2cnnn2)ccc1F)N1CCCCCC1. The van der Waals surface area contributed by atoms with E-state index in [1.807, 2.05) is 4.90 Å². The lowest BCUT2D eigenvalue weighted by Gasteiger charge is -2.21. The van der Waals surface area contributed by atoms with Crippen LogP contribution < -0.4 is 5.32 Å². The second kappa shape index (κ2) is 7.17. The van der Waals surface area contributed by atoms with E-state index in [9.17, 15) is 9.18 Å². The maximum Gasteiger partial charge on any atom is 0.241 e. The zero-order chi connectivity index (χ0) is 16.1. The number of amides is 1. The van der Waals surface area contributed by atoms with Gasteiger partial charge in [-0.3, -0.25) is 4.79 Å². The summed E-state index contributed by atoms with van der Waals surface area (Å²) in [6.45, 7) is 1.65. The van der Waals surface area contributed by atoms with Crippen LogP contribution in [0.3, 0.4) is 0 Å². The molecule has 0 atom stereocenters. The molecule has 23 heavy (non-hydrogen) atoms. The number of rotatable bonds is 4. The molecule has 1 aromatic carbocycles. The Balaban J connectivity index is 1.65. The maximum absolute atomic E-state index is 13.9. The average Bonchev–Trinajstić information content (AvgIpc) is 2.96. The molecular weight excluding hydrogens is 299 g/mol. The smallest absolute Gasteiger partial charge is 0.241 e.